The van der Waals surface area contributed by atoms with Crippen LogP contribution in [0.5, 0.6) is 0 Å². The lowest BCUT2D eigenvalue weighted by molar-refractivity contribution is 0.0178. The molecule has 1 aliphatic heterocycles. The molecule has 0 aromatic carbocycles. The SMILES string of the molecule is [2H]P([B][3H])SOCC1OC(C)C(C)[C@@H]1C. The van der Waals surface area contributed by atoms with Gasteiger partial charge in [-0.05, 0) is 20.1 Å². The summed E-state index contributed by atoms with van der Waals surface area (Å²) in [6.07, 6.45) is 0.426. The molecule has 0 aromatic heterocycles. The van der Waals surface area contributed by atoms with E-state index in [9.17, 15) is 0 Å². The van der Waals surface area contributed by atoms with Gasteiger partial charge >= 0.3 is 0 Å². The van der Waals surface area contributed by atoms with Crippen LogP contribution >= 0.6 is 19.3 Å². The molecule has 4 unspecified atom stereocenters. The van der Waals surface area contributed by atoms with E-state index in [1.165, 1.54) is 0 Å². The maximum atomic E-state index is 7.34. The van der Waals surface area contributed by atoms with Gasteiger partial charge in [-0.15, -0.1) is 0 Å². The molecule has 1 heterocycles. The Kier molecular flexibility index (Phi) is 3.89. The molecule has 1 fully saturated rings. The fraction of sp³-hybridized carbons (Fsp3) is 1.00. The van der Waals surface area contributed by atoms with Crippen molar-refractivity contribution in [1.29, 1.82) is 2.61 Å². The molecule has 5 heteroatoms. The van der Waals surface area contributed by atoms with E-state index < -0.39 is 7.61 Å². The summed E-state index contributed by atoms with van der Waals surface area (Å²) in [7, 11) is -0.0892. The lowest BCUT2D eigenvalue weighted by atomic mass is 9.91. The van der Waals surface area contributed by atoms with Crippen LogP contribution in [0, 0.1) is 11.8 Å². The zero-order valence-electron chi connectivity index (χ0n) is 10.3. The largest absolute Gasteiger partial charge is 0.372 e. The second kappa shape index (κ2) is 5.60. The summed E-state index contributed by atoms with van der Waals surface area (Å²) in [5.41, 5.74) is 0. The maximum absolute atomic E-state index is 7.34. The van der Waals surface area contributed by atoms with Gasteiger partial charge in [0.2, 0.25) is 0 Å². The molecule has 1 aliphatic rings. The third-order valence-corrected chi connectivity index (χ3v) is 3.78. The predicted octanol–water partition coefficient (Wildman–Crippen LogP) is 2.12. The summed E-state index contributed by atoms with van der Waals surface area (Å²) in [6, 6.07) is 0. The van der Waals surface area contributed by atoms with E-state index in [1.54, 1.807) is 0 Å². The minimum atomic E-state index is -1.20. The Morgan fingerprint density at radius 1 is 1.69 bits per heavy atom. The Balaban J connectivity index is 2.22. The van der Waals surface area contributed by atoms with Crippen molar-refractivity contribution in [3.63, 3.8) is 0 Å². The lowest BCUT2D eigenvalue weighted by Crippen LogP contribution is -2.20. The van der Waals surface area contributed by atoms with Gasteiger partial charge in [-0.25, -0.2) is 0 Å². The van der Waals surface area contributed by atoms with Gasteiger partial charge in [0.05, 0.1) is 20.1 Å². The van der Waals surface area contributed by atoms with Crippen LogP contribution in [0.25, 0.3) is 0 Å². The number of hydrogen-bond acceptors (Lipinski definition) is 3. The highest BCUT2D eigenvalue weighted by Gasteiger charge is 2.36. The standard InChI is InChI=1S/C8H17BO2PS/c1-5-6(2)8(11-7(5)3)4-10-13-12-9/h5-9,12H,4H2,1-3H3/t5?,6-,7?,8?,12?/m0/s1/i9T,12D. The third kappa shape index (κ3) is 3.12. The molecule has 0 aliphatic carbocycles. The minimum absolute atomic E-state index is 0.136. The topological polar surface area (TPSA) is 18.5 Å². The molecule has 75 valence electrons. The van der Waals surface area contributed by atoms with E-state index >= 15 is 0 Å². The van der Waals surface area contributed by atoms with Crippen molar-refractivity contribution in [3.8, 4) is 0 Å². The van der Waals surface area contributed by atoms with Crippen molar-refractivity contribution in [1.82, 2.24) is 0 Å². The van der Waals surface area contributed by atoms with Crippen molar-refractivity contribution in [2.24, 2.45) is 11.8 Å². The van der Waals surface area contributed by atoms with E-state index in [-0.39, 0.29) is 6.10 Å². The normalized spacial score (nSPS) is 43.9. The maximum Gasteiger partial charge on any atom is 0.137 e. The Morgan fingerprint density at radius 3 is 3.00 bits per heavy atom. The summed E-state index contributed by atoms with van der Waals surface area (Å²) in [5.74, 6) is 1.06. The summed E-state index contributed by atoms with van der Waals surface area (Å²) in [6.45, 7) is 6.97. The highest BCUT2D eigenvalue weighted by molar-refractivity contribution is 8.53. The summed E-state index contributed by atoms with van der Waals surface area (Å²) < 4.78 is 25.3. The van der Waals surface area contributed by atoms with E-state index in [1.807, 2.05) is 0 Å². The zero-order valence-corrected chi connectivity index (χ0v) is 9.98. The monoisotopic (exact) mass is 222 g/mol. The Morgan fingerprint density at radius 2 is 2.46 bits per heavy atom. The fourth-order valence-corrected chi connectivity index (χ4v) is 2.23. The van der Waals surface area contributed by atoms with Gasteiger partial charge in [0.1, 0.15) is 7.53 Å². The second-order valence-corrected chi connectivity index (χ2v) is 5.24. The highest BCUT2D eigenvalue weighted by atomic mass is 32.7. The first-order chi connectivity index (χ1) is 7.06. The first-order valence-corrected chi connectivity index (χ1v) is 6.82. The summed E-state index contributed by atoms with van der Waals surface area (Å²) >= 11 is 1.08. The van der Waals surface area contributed by atoms with Crippen LogP contribution < -0.4 is 0 Å². The lowest BCUT2D eigenvalue weighted by Gasteiger charge is -2.15. The van der Waals surface area contributed by atoms with Gasteiger partial charge in [-0.1, -0.05) is 21.5 Å². The van der Waals surface area contributed by atoms with Crippen molar-refractivity contribution < 1.29 is 8.92 Å². The van der Waals surface area contributed by atoms with Gasteiger partial charge < -0.3 is 8.92 Å². The average Bonchev–Trinajstić information content (AvgIpc) is 2.46. The van der Waals surface area contributed by atoms with Crippen LogP contribution in [0.1, 0.15) is 20.8 Å². The number of ether oxygens (including phenoxy) is 1. The predicted molar refractivity (Wildman–Crippen MR) is 61.7 cm³/mol. The van der Waals surface area contributed by atoms with Gasteiger partial charge in [0.25, 0.3) is 0 Å². The van der Waals surface area contributed by atoms with Gasteiger partial charge in [0.15, 0.2) is 0 Å². The quantitative estimate of drug-likeness (QED) is 0.403. The molecule has 0 N–H and O–H groups in total. The second-order valence-electron chi connectivity index (χ2n) is 3.56. The Hall–Kier alpha value is 0.765. The molecule has 0 amide bonds. The zero-order chi connectivity index (χ0) is 11.4. The first kappa shape index (κ1) is 9.02. The molecule has 2 nitrogen and oxygen atoms in total. The summed E-state index contributed by atoms with van der Waals surface area (Å²) in [5, 5.41) is 0. The van der Waals surface area contributed by atoms with Gasteiger partial charge in [0, 0.05) is 11.7 Å². The number of hydrogen-bond donors (Lipinski definition) is 0. The molecule has 0 bridgehead atoms. The number of rotatable bonds is 5. The Labute approximate surface area is 90.3 Å². The van der Waals surface area contributed by atoms with Crippen LogP contribution in [-0.2, 0) is 8.92 Å². The van der Waals surface area contributed by atoms with Crippen LogP contribution in [0.15, 0.2) is 0 Å². The van der Waals surface area contributed by atoms with Crippen LogP contribution in [0.4, 0.5) is 0 Å². The molecule has 0 spiro atoms. The third-order valence-electron chi connectivity index (χ3n) is 2.87. The molecule has 1 rings (SSSR count). The smallest absolute Gasteiger partial charge is 0.137 e. The molecule has 13 heavy (non-hydrogen) atoms. The van der Waals surface area contributed by atoms with Crippen molar-refractivity contribution >= 4 is 26.8 Å². The molecule has 0 saturated carbocycles. The van der Waals surface area contributed by atoms with Crippen molar-refractivity contribution in [3.05, 3.63) is 0 Å². The van der Waals surface area contributed by atoms with Crippen molar-refractivity contribution in [2.45, 2.75) is 33.0 Å². The minimum Gasteiger partial charge on any atom is -0.372 e. The fourth-order valence-electron chi connectivity index (χ4n) is 1.61. The van der Waals surface area contributed by atoms with Gasteiger partial charge in [-0.3, -0.25) is 0 Å². The molecule has 0 aromatic rings. The Bertz CT molecular complexity index is 203. The van der Waals surface area contributed by atoms with Crippen LogP contribution in [0.3, 0.4) is 0 Å². The van der Waals surface area contributed by atoms with E-state index in [0.29, 0.717) is 24.5 Å². The molecular formula is C8H17BO2PS. The van der Waals surface area contributed by atoms with Crippen LogP contribution in [-0.4, -0.2) is 29.0 Å². The van der Waals surface area contributed by atoms with Crippen molar-refractivity contribution in [2.75, 3.05) is 6.61 Å². The molecule has 5 atom stereocenters. The first-order valence-electron chi connectivity index (χ1n) is 5.53. The molecule has 1 saturated heterocycles. The van der Waals surface area contributed by atoms with E-state index in [2.05, 4.69) is 20.8 Å². The van der Waals surface area contributed by atoms with Crippen LogP contribution in [0.2, 0.25) is 0 Å². The van der Waals surface area contributed by atoms with E-state index in [0.717, 1.165) is 19.2 Å². The average molecular weight is 222 g/mol. The summed E-state index contributed by atoms with van der Waals surface area (Å²) in [4.78, 5) is 0. The van der Waals surface area contributed by atoms with E-state index in [4.69, 9.17) is 11.5 Å². The molecular weight excluding hydrogens is 202 g/mol. The highest BCUT2D eigenvalue weighted by Crippen LogP contribution is 2.33. The molecule has 1 radical (unpaired) electrons. The van der Waals surface area contributed by atoms with Gasteiger partial charge in [-0.2, -0.15) is 0 Å².